The molecule has 212 valence electrons. The third-order valence-electron chi connectivity index (χ3n) is 8.26. The van der Waals surface area contributed by atoms with Crippen LogP contribution in [0.3, 0.4) is 0 Å². The molecule has 1 fully saturated rings. The maximum absolute atomic E-state index is 13.1. The fourth-order valence-electron chi connectivity index (χ4n) is 6.09. The van der Waals surface area contributed by atoms with Crippen LogP contribution >= 0.6 is 0 Å². The normalized spacial score (nSPS) is 17.0. The van der Waals surface area contributed by atoms with Crippen LogP contribution < -0.4 is 0 Å². The minimum Gasteiger partial charge on any atom is -0.466 e. The number of hydrogen-bond acceptors (Lipinski definition) is 5. The summed E-state index contributed by atoms with van der Waals surface area (Å²) in [5.41, 5.74) is 7.77. The molecule has 0 radical (unpaired) electrons. The lowest BCUT2D eigenvalue weighted by Gasteiger charge is -2.29. The molecule has 8 nitrogen and oxygen atoms in total. The Balaban J connectivity index is 1.23. The molecular weight excluding hydrogens is 516 g/mol. The molecule has 1 aliphatic heterocycles. The van der Waals surface area contributed by atoms with Gasteiger partial charge in [0.1, 0.15) is 5.69 Å². The molecule has 41 heavy (non-hydrogen) atoms. The fraction of sp³-hybridized carbons (Fsp3) is 0.333. The number of aryl methyl sites for hydroxylation is 1. The van der Waals surface area contributed by atoms with E-state index in [0.717, 1.165) is 42.6 Å². The van der Waals surface area contributed by atoms with Gasteiger partial charge in [-0.15, -0.1) is 0 Å². The third kappa shape index (κ3) is 5.99. The first kappa shape index (κ1) is 27.1. The minimum atomic E-state index is -0.357. The maximum atomic E-state index is 13.1. The van der Waals surface area contributed by atoms with Gasteiger partial charge in [0.2, 0.25) is 0 Å². The smallest absolute Gasteiger partial charge is 0.330 e. The zero-order valence-corrected chi connectivity index (χ0v) is 23.4. The first-order chi connectivity index (χ1) is 20.1. The summed E-state index contributed by atoms with van der Waals surface area (Å²) in [5.74, 6) is -0.326. The highest BCUT2D eigenvalue weighted by Crippen LogP contribution is 2.37. The van der Waals surface area contributed by atoms with E-state index in [4.69, 9.17) is 9.47 Å². The summed E-state index contributed by atoms with van der Waals surface area (Å²) in [7, 11) is 1.39. The van der Waals surface area contributed by atoms with Gasteiger partial charge < -0.3 is 24.3 Å². The van der Waals surface area contributed by atoms with E-state index >= 15 is 0 Å². The van der Waals surface area contributed by atoms with Crippen molar-refractivity contribution in [3.05, 3.63) is 101 Å². The number of fused-ring (bicyclic) bond motifs is 2. The van der Waals surface area contributed by atoms with Crippen LogP contribution in [0.5, 0.6) is 0 Å². The van der Waals surface area contributed by atoms with Crippen molar-refractivity contribution in [1.82, 2.24) is 19.8 Å². The van der Waals surface area contributed by atoms with Gasteiger partial charge in [0.25, 0.3) is 5.91 Å². The fourth-order valence-corrected chi connectivity index (χ4v) is 6.09. The van der Waals surface area contributed by atoms with E-state index < -0.39 is 0 Å². The van der Waals surface area contributed by atoms with Crippen molar-refractivity contribution in [3.8, 4) is 0 Å². The molecule has 4 aromatic rings. The number of benzene rings is 2. The Hall–Kier alpha value is -4.14. The van der Waals surface area contributed by atoms with Crippen LogP contribution in [0.15, 0.2) is 66.9 Å². The number of hydrogen-bond donors (Lipinski definition) is 2. The molecule has 0 saturated carbocycles. The zero-order chi connectivity index (χ0) is 28.2. The molecule has 2 aromatic heterocycles. The van der Waals surface area contributed by atoms with Gasteiger partial charge >= 0.3 is 5.97 Å². The van der Waals surface area contributed by atoms with Gasteiger partial charge in [0, 0.05) is 61.1 Å². The first-order valence-electron chi connectivity index (χ1n) is 14.3. The number of aromatic nitrogens is 2. The number of amides is 1. The number of methoxy groups -OCH3 is 1. The number of esters is 1. The number of H-pyrrole nitrogens is 2. The Labute approximate surface area is 239 Å². The third-order valence-corrected chi connectivity index (χ3v) is 8.26. The Morgan fingerprint density at radius 1 is 1.12 bits per heavy atom. The zero-order valence-electron chi connectivity index (χ0n) is 23.4. The predicted octanol–water partition coefficient (Wildman–Crippen LogP) is 4.89. The summed E-state index contributed by atoms with van der Waals surface area (Å²) < 4.78 is 10.2. The highest BCUT2D eigenvalue weighted by Gasteiger charge is 2.29. The molecule has 1 aliphatic carbocycles. The maximum Gasteiger partial charge on any atom is 0.330 e. The molecule has 2 aromatic carbocycles. The number of ether oxygens (including phenoxy) is 2. The second kappa shape index (κ2) is 12.2. The molecule has 1 atom stereocenters. The van der Waals surface area contributed by atoms with Gasteiger partial charge in [-0.25, -0.2) is 4.79 Å². The number of carbonyl (C=O) groups is 2. The molecule has 6 rings (SSSR count). The van der Waals surface area contributed by atoms with Crippen molar-refractivity contribution in [1.29, 1.82) is 0 Å². The second-order valence-electron chi connectivity index (χ2n) is 10.8. The first-order valence-corrected chi connectivity index (χ1v) is 14.3. The lowest BCUT2D eigenvalue weighted by atomic mass is 10.0. The molecule has 8 heteroatoms. The van der Waals surface area contributed by atoms with Crippen molar-refractivity contribution in [3.63, 3.8) is 0 Å². The topological polar surface area (TPSA) is 90.7 Å². The van der Waals surface area contributed by atoms with Gasteiger partial charge in [-0.05, 0) is 65.8 Å². The van der Waals surface area contributed by atoms with Gasteiger partial charge in [-0.2, -0.15) is 0 Å². The van der Waals surface area contributed by atoms with Crippen molar-refractivity contribution >= 4 is 28.9 Å². The van der Waals surface area contributed by atoms with Crippen LogP contribution in [-0.2, 0) is 33.7 Å². The van der Waals surface area contributed by atoms with E-state index in [1.165, 1.54) is 35.3 Å². The molecule has 0 spiro atoms. The molecule has 3 heterocycles. The van der Waals surface area contributed by atoms with Gasteiger partial charge in [-0.3, -0.25) is 9.69 Å². The molecule has 1 amide bonds. The number of carbonyl (C=O) groups excluding carboxylic acids is 2. The summed E-state index contributed by atoms with van der Waals surface area (Å²) in [5, 5.41) is 1.26. The summed E-state index contributed by atoms with van der Waals surface area (Å²) in [6.45, 7) is 4.01. The molecule has 2 aliphatic rings. The highest BCUT2D eigenvalue weighted by atomic mass is 16.5. The second-order valence-corrected chi connectivity index (χ2v) is 10.8. The summed E-state index contributed by atoms with van der Waals surface area (Å²) in [6, 6.07) is 19.1. The quantitative estimate of drug-likeness (QED) is 0.228. The van der Waals surface area contributed by atoms with Crippen molar-refractivity contribution in [2.75, 3.05) is 40.0 Å². The van der Waals surface area contributed by atoms with E-state index in [-0.39, 0.29) is 17.9 Å². The molecular formula is C33H36N4O4. The number of para-hydroxylation sites is 1. The Morgan fingerprint density at radius 2 is 1.98 bits per heavy atom. The average Bonchev–Trinajstić information content (AvgIpc) is 3.76. The summed E-state index contributed by atoms with van der Waals surface area (Å²) in [6.07, 6.45) is 8.31. The van der Waals surface area contributed by atoms with E-state index in [9.17, 15) is 9.59 Å². The van der Waals surface area contributed by atoms with E-state index in [0.29, 0.717) is 38.5 Å². The summed E-state index contributed by atoms with van der Waals surface area (Å²) >= 11 is 0. The molecule has 0 bridgehead atoms. The summed E-state index contributed by atoms with van der Waals surface area (Å²) in [4.78, 5) is 35.8. The van der Waals surface area contributed by atoms with Crippen LogP contribution in [-0.4, -0.2) is 71.6 Å². The van der Waals surface area contributed by atoms with Gasteiger partial charge in [-0.1, -0.05) is 36.4 Å². The Bertz CT molecular complexity index is 1560. The molecule has 2 N–H and O–H groups in total. The predicted molar refractivity (Wildman–Crippen MR) is 158 cm³/mol. The van der Waals surface area contributed by atoms with E-state index in [1.807, 2.05) is 17.0 Å². The number of morpholine rings is 1. The van der Waals surface area contributed by atoms with Crippen LogP contribution in [0.1, 0.15) is 50.9 Å². The molecule has 1 unspecified atom stereocenters. The Kier molecular flexibility index (Phi) is 8.02. The lowest BCUT2D eigenvalue weighted by Crippen LogP contribution is -2.40. The standard InChI is InChI=1S/C33H36N4O4/c1-40-32(38)13-7-23-6-10-28-24(20-23)8-12-31(28)37(15-14-25-21-34-29-5-3-2-4-27(25)29)22-26-9-11-30(35-26)33(39)36-16-18-41-19-17-36/h2-7,9-11,13,20-21,31,34-35H,8,12,14-19,22H2,1H3. The Morgan fingerprint density at radius 3 is 2.83 bits per heavy atom. The van der Waals surface area contributed by atoms with Gasteiger partial charge in [0.15, 0.2) is 0 Å². The number of nitrogens with zero attached hydrogens (tertiary/aromatic N) is 2. The van der Waals surface area contributed by atoms with Crippen LogP contribution in [0.4, 0.5) is 0 Å². The van der Waals surface area contributed by atoms with Crippen molar-refractivity contribution in [2.24, 2.45) is 0 Å². The SMILES string of the molecule is COC(=O)C=Cc1ccc2c(c1)CCC2N(CCc1c[nH]c2ccccc12)Cc1ccc(C(=O)N2CCOCC2)[nH]1. The van der Waals surface area contributed by atoms with Crippen LogP contribution in [0, 0.1) is 0 Å². The monoisotopic (exact) mass is 552 g/mol. The van der Waals surface area contributed by atoms with Crippen LogP contribution in [0.25, 0.3) is 17.0 Å². The van der Waals surface area contributed by atoms with Crippen molar-refractivity contribution in [2.45, 2.75) is 31.8 Å². The lowest BCUT2D eigenvalue weighted by molar-refractivity contribution is -0.134. The number of rotatable bonds is 9. The molecule has 1 saturated heterocycles. The minimum absolute atomic E-state index is 0.0312. The number of nitrogens with one attached hydrogen (secondary N) is 2. The average molecular weight is 553 g/mol. The van der Waals surface area contributed by atoms with E-state index in [1.54, 1.807) is 6.08 Å². The number of aromatic amines is 2. The van der Waals surface area contributed by atoms with Gasteiger partial charge in [0.05, 0.1) is 20.3 Å². The largest absolute Gasteiger partial charge is 0.466 e. The van der Waals surface area contributed by atoms with E-state index in [2.05, 4.69) is 63.5 Å². The van der Waals surface area contributed by atoms with Crippen LogP contribution in [0.2, 0.25) is 0 Å². The highest BCUT2D eigenvalue weighted by molar-refractivity contribution is 5.92. The van der Waals surface area contributed by atoms with Crippen molar-refractivity contribution < 1.29 is 19.1 Å².